The van der Waals surface area contributed by atoms with Crippen LogP contribution in [0.4, 0.5) is 16.2 Å². The number of anilines is 1. The summed E-state index contributed by atoms with van der Waals surface area (Å²) < 4.78 is 5.37. The Balaban J connectivity index is 1.17. The summed E-state index contributed by atoms with van der Waals surface area (Å²) in [5.74, 6) is 1.82. The predicted molar refractivity (Wildman–Crippen MR) is 115 cm³/mol. The second kappa shape index (κ2) is 8.06. The third-order valence-corrected chi connectivity index (χ3v) is 6.51. The van der Waals surface area contributed by atoms with E-state index < -0.39 is 5.60 Å². The summed E-state index contributed by atoms with van der Waals surface area (Å²) in [5, 5.41) is 13.8. The third-order valence-electron chi connectivity index (χ3n) is 6.51. The summed E-state index contributed by atoms with van der Waals surface area (Å²) in [5.41, 5.74) is 0.752. The average molecular weight is 417 g/mol. The SMILES string of the molecule is CC(C)(C)OC(=O)NC1C2CN(CC3CCN(c4ccc([N+](=O)[O-])cc4)CC3)CC21. The molecule has 0 aromatic heterocycles. The number of nitro groups is 1. The smallest absolute Gasteiger partial charge is 0.407 e. The van der Waals surface area contributed by atoms with Gasteiger partial charge in [0.15, 0.2) is 0 Å². The van der Waals surface area contributed by atoms with Gasteiger partial charge in [-0.2, -0.15) is 0 Å². The Bertz CT molecular complexity index is 771. The van der Waals surface area contributed by atoms with E-state index >= 15 is 0 Å². The number of nitrogens with one attached hydrogen (secondary N) is 1. The van der Waals surface area contributed by atoms with Gasteiger partial charge >= 0.3 is 6.09 Å². The Morgan fingerprint density at radius 1 is 1.17 bits per heavy atom. The lowest BCUT2D eigenvalue weighted by Crippen LogP contribution is -2.41. The minimum absolute atomic E-state index is 0.140. The number of benzene rings is 1. The van der Waals surface area contributed by atoms with Gasteiger partial charge in [-0.3, -0.25) is 10.1 Å². The van der Waals surface area contributed by atoms with E-state index in [2.05, 4.69) is 15.1 Å². The standard InChI is InChI=1S/C22H32N4O4/c1-22(2,3)30-21(27)23-20-18-13-24(14-19(18)20)12-15-8-10-25(11-9-15)16-4-6-17(7-5-16)26(28)29/h4-7,15,18-20H,8-14H2,1-3H3,(H,23,27). The highest BCUT2D eigenvalue weighted by molar-refractivity contribution is 5.68. The molecule has 8 nitrogen and oxygen atoms in total. The van der Waals surface area contributed by atoms with Gasteiger partial charge in [0.2, 0.25) is 0 Å². The Morgan fingerprint density at radius 3 is 2.30 bits per heavy atom. The normalized spacial score (nSPS) is 26.9. The van der Waals surface area contributed by atoms with Gasteiger partial charge in [-0.15, -0.1) is 0 Å². The Kier molecular flexibility index (Phi) is 5.61. The maximum atomic E-state index is 12.0. The number of nitrogens with zero attached hydrogens (tertiary/aromatic N) is 3. The number of fused-ring (bicyclic) bond motifs is 1. The first-order valence-corrected chi connectivity index (χ1v) is 10.9. The molecule has 8 heteroatoms. The van der Waals surface area contributed by atoms with Crippen LogP contribution in [0.1, 0.15) is 33.6 Å². The molecule has 164 valence electrons. The van der Waals surface area contributed by atoms with E-state index in [1.807, 2.05) is 32.9 Å². The summed E-state index contributed by atoms with van der Waals surface area (Å²) >= 11 is 0. The fourth-order valence-corrected chi connectivity index (χ4v) is 4.94. The van der Waals surface area contributed by atoms with Crippen molar-refractivity contribution in [3.63, 3.8) is 0 Å². The van der Waals surface area contributed by atoms with Crippen molar-refractivity contribution in [1.29, 1.82) is 0 Å². The molecule has 1 aliphatic carbocycles. The van der Waals surface area contributed by atoms with Crippen molar-refractivity contribution in [2.75, 3.05) is 37.6 Å². The van der Waals surface area contributed by atoms with Gasteiger partial charge in [0.1, 0.15) is 5.60 Å². The molecule has 2 aliphatic heterocycles. The van der Waals surface area contributed by atoms with E-state index in [0.29, 0.717) is 17.8 Å². The van der Waals surface area contributed by atoms with Gasteiger partial charge in [0.25, 0.3) is 5.69 Å². The fraction of sp³-hybridized carbons (Fsp3) is 0.682. The molecule has 2 atom stereocenters. The molecule has 0 bridgehead atoms. The van der Waals surface area contributed by atoms with E-state index in [1.165, 1.54) is 0 Å². The van der Waals surface area contributed by atoms with Crippen LogP contribution in [0.5, 0.6) is 0 Å². The molecular formula is C22H32N4O4. The molecule has 30 heavy (non-hydrogen) atoms. The number of alkyl carbamates (subject to hydrolysis) is 1. The second-order valence-electron chi connectivity index (χ2n) is 9.92. The van der Waals surface area contributed by atoms with Crippen LogP contribution in [0.2, 0.25) is 0 Å². The van der Waals surface area contributed by atoms with Crippen molar-refractivity contribution < 1.29 is 14.5 Å². The highest BCUT2D eigenvalue weighted by Crippen LogP contribution is 2.46. The number of carbonyl (C=O) groups is 1. The molecule has 2 unspecified atom stereocenters. The number of likely N-dealkylation sites (tertiary alicyclic amines) is 1. The minimum Gasteiger partial charge on any atom is -0.444 e. The molecular weight excluding hydrogens is 384 g/mol. The van der Waals surface area contributed by atoms with E-state index in [9.17, 15) is 14.9 Å². The lowest BCUT2D eigenvalue weighted by Gasteiger charge is -2.35. The molecule has 1 N–H and O–H groups in total. The van der Waals surface area contributed by atoms with Crippen LogP contribution in [0.3, 0.4) is 0 Å². The van der Waals surface area contributed by atoms with Crippen molar-refractivity contribution in [3.8, 4) is 0 Å². The van der Waals surface area contributed by atoms with Crippen LogP contribution in [0.15, 0.2) is 24.3 Å². The van der Waals surface area contributed by atoms with Crippen LogP contribution in [-0.2, 0) is 4.74 Å². The topological polar surface area (TPSA) is 88.0 Å². The number of piperidine rings is 2. The van der Waals surface area contributed by atoms with Crippen LogP contribution < -0.4 is 10.2 Å². The zero-order valence-electron chi connectivity index (χ0n) is 18.0. The Hall–Kier alpha value is -2.35. The maximum Gasteiger partial charge on any atom is 0.407 e. The molecule has 4 rings (SSSR count). The number of ether oxygens (including phenoxy) is 1. The number of non-ortho nitro benzene ring substituents is 1. The van der Waals surface area contributed by atoms with Gasteiger partial charge in [0, 0.05) is 56.6 Å². The van der Waals surface area contributed by atoms with E-state index in [0.717, 1.165) is 51.3 Å². The maximum absolute atomic E-state index is 12.0. The van der Waals surface area contributed by atoms with Gasteiger partial charge in [-0.1, -0.05) is 0 Å². The summed E-state index contributed by atoms with van der Waals surface area (Å²) in [6, 6.07) is 7.15. The van der Waals surface area contributed by atoms with Crippen molar-refractivity contribution >= 4 is 17.5 Å². The molecule has 1 amide bonds. The fourth-order valence-electron chi connectivity index (χ4n) is 4.94. The van der Waals surface area contributed by atoms with Gasteiger partial charge in [0.05, 0.1) is 4.92 Å². The zero-order chi connectivity index (χ0) is 21.5. The first-order valence-electron chi connectivity index (χ1n) is 10.9. The molecule has 3 fully saturated rings. The van der Waals surface area contributed by atoms with Gasteiger partial charge in [-0.05, 0) is 63.5 Å². The van der Waals surface area contributed by atoms with Crippen molar-refractivity contribution in [2.45, 2.75) is 45.3 Å². The Morgan fingerprint density at radius 2 is 1.77 bits per heavy atom. The highest BCUT2D eigenvalue weighted by atomic mass is 16.6. The average Bonchev–Trinajstić information content (AvgIpc) is 3.10. The van der Waals surface area contributed by atoms with Gasteiger partial charge < -0.3 is 19.9 Å². The van der Waals surface area contributed by atoms with E-state index in [-0.39, 0.29) is 22.7 Å². The molecule has 2 heterocycles. The molecule has 1 saturated carbocycles. The molecule has 3 aliphatic rings. The Labute approximate surface area is 177 Å². The van der Waals surface area contributed by atoms with Crippen LogP contribution in [0.25, 0.3) is 0 Å². The van der Waals surface area contributed by atoms with E-state index in [1.54, 1.807) is 12.1 Å². The van der Waals surface area contributed by atoms with Crippen molar-refractivity contribution in [3.05, 3.63) is 34.4 Å². The third kappa shape index (κ3) is 4.86. The zero-order valence-corrected chi connectivity index (χ0v) is 18.0. The quantitative estimate of drug-likeness (QED) is 0.586. The number of hydrogen-bond acceptors (Lipinski definition) is 6. The van der Waals surface area contributed by atoms with E-state index in [4.69, 9.17) is 4.74 Å². The van der Waals surface area contributed by atoms with Gasteiger partial charge in [-0.25, -0.2) is 4.79 Å². The summed E-state index contributed by atoms with van der Waals surface area (Å²) in [4.78, 5) is 27.3. The molecule has 2 saturated heterocycles. The summed E-state index contributed by atoms with van der Waals surface area (Å²) in [6.45, 7) is 10.9. The summed E-state index contributed by atoms with van der Waals surface area (Å²) in [6.07, 6.45) is 1.98. The first-order chi connectivity index (χ1) is 14.2. The van der Waals surface area contributed by atoms with Crippen LogP contribution >= 0.6 is 0 Å². The molecule has 0 radical (unpaired) electrons. The molecule has 1 aromatic rings. The van der Waals surface area contributed by atoms with Crippen LogP contribution in [0, 0.1) is 27.9 Å². The monoisotopic (exact) mass is 416 g/mol. The van der Waals surface area contributed by atoms with Crippen molar-refractivity contribution in [2.24, 2.45) is 17.8 Å². The minimum atomic E-state index is -0.455. The lowest BCUT2D eigenvalue weighted by atomic mass is 9.95. The van der Waals surface area contributed by atoms with Crippen molar-refractivity contribution in [1.82, 2.24) is 10.2 Å². The highest BCUT2D eigenvalue weighted by Gasteiger charge is 2.56. The number of nitro benzene ring substituents is 1. The first kappa shape index (κ1) is 20.9. The largest absolute Gasteiger partial charge is 0.444 e. The second-order valence-corrected chi connectivity index (χ2v) is 9.92. The molecule has 0 spiro atoms. The summed E-state index contributed by atoms with van der Waals surface area (Å²) in [7, 11) is 0. The lowest BCUT2D eigenvalue weighted by molar-refractivity contribution is -0.384. The number of hydrogen-bond donors (Lipinski definition) is 1. The predicted octanol–water partition coefficient (Wildman–Crippen LogP) is 3.27. The number of rotatable bonds is 5. The number of carbonyl (C=O) groups excluding carboxylic acids is 1. The van der Waals surface area contributed by atoms with Crippen LogP contribution in [-0.4, -0.2) is 60.3 Å². The number of amides is 1. The molecule has 1 aromatic carbocycles.